The Labute approximate surface area is 200 Å². The number of ketones is 1. The molecule has 2 rings (SSSR count). The number of carbonyl (C=O) groups excluding carboxylic acids is 1. The minimum Gasteiger partial charge on any atom is -0.407 e. The minimum atomic E-state index is -2.61. The van der Waals surface area contributed by atoms with Crippen LogP contribution in [0.2, 0.25) is 5.04 Å². The summed E-state index contributed by atoms with van der Waals surface area (Å²) < 4.78 is 6.80. The molecular weight excluding hydrogens is 428 g/mol. The number of Topliss-reactive ketones (excluding diaryl/α,β-unsaturated/α-hetero) is 1. The lowest BCUT2D eigenvalue weighted by Crippen LogP contribution is -2.66. The molecule has 0 amide bonds. The fraction of sp³-hybridized carbons (Fsp3) is 0.464. The molecule has 33 heavy (non-hydrogen) atoms. The van der Waals surface area contributed by atoms with Gasteiger partial charge >= 0.3 is 0 Å². The lowest BCUT2D eigenvalue weighted by molar-refractivity contribution is -0.111. The van der Waals surface area contributed by atoms with Crippen molar-refractivity contribution in [1.29, 1.82) is 0 Å². The van der Waals surface area contributed by atoms with Gasteiger partial charge in [0.1, 0.15) is 0 Å². The van der Waals surface area contributed by atoms with Gasteiger partial charge in [0.15, 0.2) is 0 Å². The maximum absolute atomic E-state index is 10.8. The second-order valence-electron chi connectivity index (χ2n) is 9.59. The first kappa shape index (κ1) is 27.0. The number of aliphatic hydroxyl groups excluding tert-OH is 2. The zero-order chi connectivity index (χ0) is 24.3. The average Bonchev–Trinajstić information content (AvgIpc) is 2.76. The van der Waals surface area contributed by atoms with E-state index in [9.17, 15) is 15.0 Å². The molecule has 0 bridgehead atoms. The molecule has 0 saturated carbocycles. The standard InChI is InChI=1S/C28H38O4Si/c1-23(29)14-8-5-9-15-24(30)22-25(31)20-21-32-33(28(2,3)4,26-16-10-6-11-17-26)27-18-12-7-13-19-27/h6-7,10-13,16-19,24-25,30-31H,5,9,15,20-22H2,1-4H3/t24-,25-/m0/s1. The highest BCUT2D eigenvalue weighted by molar-refractivity contribution is 6.99. The Hall–Kier alpha value is -2.23. The SMILES string of the molecule is CC(=O)C#CCCC[C@H](O)C[C@@H](O)CCO[Si](c1ccccc1)(c1ccccc1)C(C)(C)C. The summed E-state index contributed by atoms with van der Waals surface area (Å²) in [5.41, 5.74) is 0. The van der Waals surface area contributed by atoms with Crippen molar-refractivity contribution in [1.82, 2.24) is 0 Å². The molecule has 0 aliphatic rings. The van der Waals surface area contributed by atoms with E-state index >= 15 is 0 Å². The van der Waals surface area contributed by atoms with Crippen LogP contribution in [0.15, 0.2) is 60.7 Å². The van der Waals surface area contributed by atoms with E-state index in [0.29, 0.717) is 38.7 Å². The Balaban J connectivity index is 2.04. The van der Waals surface area contributed by atoms with E-state index in [0.717, 1.165) is 0 Å². The zero-order valence-electron chi connectivity index (χ0n) is 20.4. The number of rotatable bonds is 11. The van der Waals surface area contributed by atoms with E-state index in [1.807, 2.05) is 12.1 Å². The van der Waals surface area contributed by atoms with Gasteiger partial charge in [-0.05, 0) is 47.0 Å². The molecule has 2 atom stereocenters. The predicted octanol–water partition coefficient (Wildman–Crippen LogP) is 3.83. The van der Waals surface area contributed by atoms with E-state index in [1.54, 1.807) is 0 Å². The topological polar surface area (TPSA) is 66.8 Å². The first-order valence-corrected chi connectivity index (χ1v) is 13.7. The van der Waals surface area contributed by atoms with Crippen molar-refractivity contribution < 1.29 is 19.4 Å². The Morgan fingerprint density at radius 2 is 1.45 bits per heavy atom. The maximum Gasteiger partial charge on any atom is 0.261 e. The molecule has 4 nitrogen and oxygen atoms in total. The van der Waals surface area contributed by atoms with Gasteiger partial charge in [0.2, 0.25) is 5.78 Å². The number of carbonyl (C=O) groups is 1. The van der Waals surface area contributed by atoms with Crippen molar-refractivity contribution in [2.45, 2.75) is 77.0 Å². The highest BCUT2D eigenvalue weighted by Gasteiger charge is 2.50. The summed E-state index contributed by atoms with van der Waals surface area (Å²) >= 11 is 0. The molecule has 5 heteroatoms. The van der Waals surface area contributed by atoms with Gasteiger partial charge in [-0.1, -0.05) is 87.4 Å². The van der Waals surface area contributed by atoms with Crippen molar-refractivity contribution in [3.05, 3.63) is 60.7 Å². The van der Waals surface area contributed by atoms with Crippen LogP contribution in [0.4, 0.5) is 0 Å². The molecule has 0 saturated heterocycles. The fourth-order valence-electron chi connectivity index (χ4n) is 4.27. The fourth-order valence-corrected chi connectivity index (χ4v) is 8.85. The Morgan fingerprint density at radius 3 is 1.94 bits per heavy atom. The van der Waals surface area contributed by atoms with Crippen molar-refractivity contribution in [2.75, 3.05) is 6.61 Å². The minimum absolute atomic E-state index is 0.110. The van der Waals surface area contributed by atoms with Crippen LogP contribution in [0.25, 0.3) is 0 Å². The van der Waals surface area contributed by atoms with Crippen LogP contribution in [0.1, 0.15) is 59.8 Å². The molecule has 0 aliphatic heterocycles. The summed E-state index contributed by atoms with van der Waals surface area (Å²) in [6.07, 6.45) is 1.37. The van der Waals surface area contributed by atoms with Crippen LogP contribution in [-0.4, -0.2) is 43.1 Å². The highest BCUT2D eigenvalue weighted by atomic mass is 28.4. The zero-order valence-corrected chi connectivity index (χ0v) is 21.4. The molecule has 2 N–H and O–H groups in total. The highest BCUT2D eigenvalue weighted by Crippen LogP contribution is 2.36. The van der Waals surface area contributed by atoms with Crippen molar-refractivity contribution >= 4 is 24.5 Å². The third-order valence-corrected chi connectivity index (χ3v) is 10.9. The van der Waals surface area contributed by atoms with Gasteiger partial charge in [0.05, 0.1) is 12.2 Å². The van der Waals surface area contributed by atoms with E-state index < -0.39 is 20.5 Å². The summed E-state index contributed by atoms with van der Waals surface area (Å²) in [5, 5.41) is 23.1. The van der Waals surface area contributed by atoms with Crippen LogP contribution in [-0.2, 0) is 9.22 Å². The van der Waals surface area contributed by atoms with E-state index in [2.05, 4.69) is 81.1 Å². The molecule has 0 spiro atoms. The molecule has 0 fully saturated rings. The van der Waals surface area contributed by atoms with Gasteiger partial charge in [-0.25, -0.2) is 0 Å². The number of benzene rings is 2. The first-order valence-electron chi connectivity index (χ1n) is 11.8. The number of hydrogen-bond acceptors (Lipinski definition) is 4. The van der Waals surface area contributed by atoms with Crippen molar-refractivity contribution in [3.63, 3.8) is 0 Å². The largest absolute Gasteiger partial charge is 0.407 e. The molecule has 2 aromatic carbocycles. The van der Waals surface area contributed by atoms with Crippen molar-refractivity contribution in [3.8, 4) is 11.8 Å². The Bertz CT molecular complexity index is 870. The van der Waals surface area contributed by atoms with Crippen LogP contribution in [0.5, 0.6) is 0 Å². The summed E-state index contributed by atoms with van der Waals surface area (Å²) in [6.45, 7) is 8.55. The summed E-state index contributed by atoms with van der Waals surface area (Å²) in [7, 11) is -2.61. The van der Waals surface area contributed by atoms with Crippen LogP contribution < -0.4 is 10.4 Å². The average molecular weight is 467 g/mol. The van der Waals surface area contributed by atoms with E-state index in [1.165, 1.54) is 17.3 Å². The van der Waals surface area contributed by atoms with Gasteiger partial charge in [-0.15, -0.1) is 0 Å². The van der Waals surface area contributed by atoms with Gasteiger partial charge in [0.25, 0.3) is 8.32 Å². The number of unbranched alkanes of at least 4 members (excludes halogenated alkanes) is 1. The van der Waals surface area contributed by atoms with Crippen LogP contribution >= 0.6 is 0 Å². The molecule has 0 aromatic heterocycles. The summed E-state index contributed by atoms with van der Waals surface area (Å²) in [6, 6.07) is 20.9. The van der Waals surface area contributed by atoms with E-state index in [-0.39, 0.29) is 10.8 Å². The third kappa shape index (κ3) is 7.94. The molecule has 178 valence electrons. The second-order valence-corrected chi connectivity index (χ2v) is 13.9. The number of hydrogen-bond donors (Lipinski definition) is 2. The van der Waals surface area contributed by atoms with Crippen molar-refractivity contribution in [2.24, 2.45) is 0 Å². The van der Waals surface area contributed by atoms with Gasteiger partial charge in [0, 0.05) is 20.0 Å². The molecule has 2 aromatic rings. The Kier molecular flexibility index (Phi) is 10.5. The predicted molar refractivity (Wildman–Crippen MR) is 137 cm³/mol. The van der Waals surface area contributed by atoms with Crippen LogP contribution in [0, 0.1) is 11.8 Å². The molecule has 0 aliphatic carbocycles. The van der Waals surface area contributed by atoms with Gasteiger partial charge in [-0.2, -0.15) is 0 Å². The Morgan fingerprint density at radius 1 is 0.939 bits per heavy atom. The quantitative estimate of drug-likeness (QED) is 0.229. The monoisotopic (exact) mass is 466 g/mol. The smallest absolute Gasteiger partial charge is 0.261 e. The molecular formula is C28H38O4Si. The van der Waals surface area contributed by atoms with Crippen LogP contribution in [0.3, 0.4) is 0 Å². The van der Waals surface area contributed by atoms with Gasteiger partial charge in [-0.3, -0.25) is 4.79 Å². The molecule has 0 radical (unpaired) electrons. The first-order chi connectivity index (χ1) is 15.7. The maximum atomic E-state index is 10.8. The third-order valence-electron chi connectivity index (χ3n) is 5.83. The lowest BCUT2D eigenvalue weighted by atomic mass is 10.0. The molecule has 0 heterocycles. The normalized spacial score (nSPS) is 13.6. The van der Waals surface area contributed by atoms with Gasteiger partial charge < -0.3 is 14.6 Å². The molecule has 0 unspecified atom stereocenters. The number of aliphatic hydroxyl groups is 2. The second kappa shape index (κ2) is 12.9. The lowest BCUT2D eigenvalue weighted by Gasteiger charge is -2.43. The summed E-state index contributed by atoms with van der Waals surface area (Å²) in [5.74, 6) is 5.16. The van der Waals surface area contributed by atoms with E-state index in [4.69, 9.17) is 4.43 Å². The summed E-state index contributed by atoms with van der Waals surface area (Å²) in [4.78, 5) is 10.8.